The van der Waals surface area contributed by atoms with Crippen LogP contribution in [0.15, 0.2) is 21.4 Å². The number of aromatic hydroxyl groups is 1. The molecule has 0 bridgehead atoms. The van der Waals surface area contributed by atoms with Crippen molar-refractivity contribution in [3.63, 3.8) is 0 Å². The average molecular weight is 370 g/mol. The number of ether oxygens (including phenoxy) is 1. The topological polar surface area (TPSA) is 76.7 Å². The van der Waals surface area contributed by atoms with E-state index in [1.165, 1.54) is 6.07 Å². The van der Waals surface area contributed by atoms with Crippen LogP contribution in [-0.2, 0) is 6.42 Å². The standard InChI is InChI=1S/C22H26O5/c1-6-8-13-11-15(23)26-20-14-9-10-22(4,5)27-21(14)17(19(25)16(13)20)18(24)12(3)7-2/h9-12,25H,6-8H2,1-5H3/t12-/m1/s1. The van der Waals surface area contributed by atoms with Crippen molar-refractivity contribution in [3.05, 3.63) is 39.3 Å². The monoisotopic (exact) mass is 370 g/mol. The summed E-state index contributed by atoms with van der Waals surface area (Å²) in [6.45, 7) is 9.50. The van der Waals surface area contributed by atoms with Crippen LogP contribution in [-0.4, -0.2) is 16.5 Å². The van der Waals surface area contributed by atoms with Gasteiger partial charge >= 0.3 is 5.63 Å². The first-order chi connectivity index (χ1) is 12.7. The number of benzene rings is 1. The number of fused-ring (bicyclic) bond motifs is 3. The third-order valence-corrected chi connectivity index (χ3v) is 5.08. The van der Waals surface area contributed by atoms with E-state index in [1.54, 1.807) is 0 Å². The Morgan fingerprint density at radius 3 is 2.63 bits per heavy atom. The first-order valence-corrected chi connectivity index (χ1v) is 9.48. The van der Waals surface area contributed by atoms with Gasteiger partial charge in [-0.3, -0.25) is 4.79 Å². The summed E-state index contributed by atoms with van der Waals surface area (Å²) in [5.41, 5.74) is 0.538. The summed E-state index contributed by atoms with van der Waals surface area (Å²) in [4.78, 5) is 25.2. The van der Waals surface area contributed by atoms with E-state index in [2.05, 4.69) is 0 Å². The molecule has 3 rings (SSSR count). The molecular formula is C22H26O5. The van der Waals surface area contributed by atoms with E-state index < -0.39 is 11.2 Å². The Morgan fingerprint density at radius 2 is 2.00 bits per heavy atom. The molecule has 144 valence electrons. The molecule has 1 aromatic carbocycles. The van der Waals surface area contributed by atoms with E-state index in [0.29, 0.717) is 29.4 Å². The van der Waals surface area contributed by atoms with Crippen molar-refractivity contribution in [1.29, 1.82) is 0 Å². The average Bonchev–Trinajstić information content (AvgIpc) is 2.59. The zero-order valence-electron chi connectivity index (χ0n) is 16.5. The van der Waals surface area contributed by atoms with Gasteiger partial charge in [-0.05, 0) is 44.4 Å². The van der Waals surface area contributed by atoms with Crippen LogP contribution in [0.3, 0.4) is 0 Å². The van der Waals surface area contributed by atoms with E-state index in [9.17, 15) is 14.7 Å². The van der Waals surface area contributed by atoms with Gasteiger partial charge in [0, 0.05) is 12.0 Å². The Bertz CT molecular complexity index is 994. The fourth-order valence-electron chi connectivity index (χ4n) is 3.43. The Hall–Kier alpha value is -2.56. The highest BCUT2D eigenvalue weighted by Gasteiger charge is 2.34. The minimum atomic E-state index is -0.640. The maximum absolute atomic E-state index is 13.1. The van der Waals surface area contributed by atoms with Gasteiger partial charge in [-0.15, -0.1) is 0 Å². The molecule has 27 heavy (non-hydrogen) atoms. The minimum absolute atomic E-state index is 0.160. The van der Waals surface area contributed by atoms with Gasteiger partial charge in [-0.25, -0.2) is 4.79 Å². The summed E-state index contributed by atoms with van der Waals surface area (Å²) in [6.07, 6.45) is 5.71. The smallest absolute Gasteiger partial charge is 0.336 e. The molecule has 1 aliphatic heterocycles. The molecule has 0 radical (unpaired) electrons. The van der Waals surface area contributed by atoms with E-state index in [1.807, 2.05) is 46.8 Å². The number of phenolic OH excluding ortho intramolecular Hbond substituents is 1. The summed E-state index contributed by atoms with van der Waals surface area (Å²) < 4.78 is 11.5. The zero-order chi connectivity index (χ0) is 19.9. The second-order valence-corrected chi connectivity index (χ2v) is 7.72. The van der Waals surface area contributed by atoms with Crippen LogP contribution in [0.4, 0.5) is 0 Å². The summed E-state index contributed by atoms with van der Waals surface area (Å²) >= 11 is 0. The number of Topliss-reactive ketones (excluding diaryl/α,β-unsaturated/α-hetero) is 1. The summed E-state index contributed by atoms with van der Waals surface area (Å²) in [5.74, 6) is -0.310. The Labute approximate surface area is 158 Å². The molecule has 5 heteroatoms. The van der Waals surface area contributed by atoms with Crippen molar-refractivity contribution in [2.45, 2.75) is 59.5 Å². The number of ketones is 1. The van der Waals surface area contributed by atoms with Crippen molar-refractivity contribution in [2.75, 3.05) is 0 Å². The first kappa shape index (κ1) is 19.2. The lowest BCUT2D eigenvalue weighted by Gasteiger charge is -2.30. The second kappa shape index (κ2) is 6.87. The molecular weight excluding hydrogens is 344 g/mol. The molecule has 1 atom stereocenters. The Balaban J connectivity index is 2.47. The highest BCUT2D eigenvalue weighted by molar-refractivity contribution is 6.11. The molecule has 1 N–H and O–H groups in total. The molecule has 2 aromatic rings. The van der Waals surface area contributed by atoms with Crippen molar-refractivity contribution >= 4 is 22.8 Å². The van der Waals surface area contributed by atoms with E-state index in [4.69, 9.17) is 9.15 Å². The van der Waals surface area contributed by atoms with Gasteiger partial charge in [-0.1, -0.05) is 27.2 Å². The number of carbonyl (C=O) groups is 1. The van der Waals surface area contributed by atoms with Gasteiger partial charge in [0.15, 0.2) is 11.4 Å². The fourth-order valence-corrected chi connectivity index (χ4v) is 3.43. The largest absolute Gasteiger partial charge is 0.506 e. The molecule has 2 heterocycles. The number of rotatable bonds is 5. The van der Waals surface area contributed by atoms with Crippen molar-refractivity contribution in [2.24, 2.45) is 5.92 Å². The lowest BCUT2D eigenvalue weighted by atomic mass is 9.88. The molecule has 0 unspecified atom stereocenters. The molecule has 0 fully saturated rings. The third kappa shape index (κ3) is 3.27. The molecule has 0 spiro atoms. The van der Waals surface area contributed by atoms with Crippen LogP contribution >= 0.6 is 0 Å². The number of hydrogen-bond acceptors (Lipinski definition) is 5. The number of phenols is 1. The number of carbonyl (C=O) groups excluding carboxylic acids is 1. The van der Waals surface area contributed by atoms with Crippen molar-refractivity contribution in [1.82, 2.24) is 0 Å². The van der Waals surface area contributed by atoms with Gasteiger partial charge < -0.3 is 14.3 Å². The first-order valence-electron chi connectivity index (χ1n) is 9.48. The number of hydrogen-bond donors (Lipinski definition) is 1. The van der Waals surface area contributed by atoms with Crippen LogP contribution in [0, 0.1) is 5.92 Å². The molecule has 0 saturated heterocycles. The molecule has 0 aliphatic carbocycles. The highest BCUT2D eigenvalue weighted by atomic mass is 16.5. The van der Waals surface area contributed by atoms with Crippen LogP contribution < -0.4 is 10.4 Å². The predicted molar refractivity (Wildman–Crippen MR) is 106 cm³/mol. The van der Waals surface area contributed by atoms with E-state index >= 15 is 0 Å². The van der Waals surface area contributed by atoms with Crippen molar-refractivity contribution < 1.29 is 19.1 Å². The maximum Gasteiger partial charge on any atom is 0.336 e. The predicted octanol–water partition coefficient (Wildman–Crippen LogP) is 4.86. The third-order valence-electron chi connectivity index (χ3n) is 5.08. The van der Waals surface area contributed by atoms with Crippen LogP contribution in [0.5, 0.6) is 11.5 Å². The lowest BCUT2D eigenvalue weighted by Crippen LogP contribution is -2.29. The van der Waals surface area contributed by atoms with Gasteiger partial charge in [-0.2, -0.15) is 0 Å². The van der Waals surface area contributed by atoms with Crippen LogP contribution in [0.25, 0.3) is 17.0 Å². The van der Waals surface area contributed by atoms with Gasteiger partial charge in [0.2, 0.25) is 0 Å². The summed E-state index contributed by atoms with van der Waals surface area (Å²) in [7, 11) is 0. The van der Waals surface area contributed by atoms with Gasteiger partial charge in [0.1, 0.15) is 22.7 Å². The molecule has 1 aliphatic rings. The minimum Gasteiger partial charge on any atom is -0.506 e. The molecule has 1 aromatic heterocycles. The summed E-state index contributed by atoms with van der Waals surface area (Å²) in [5, 5.41) is 11.5. The highest BCUT2D eigenvalue weighted by Crippen LogP contribution is 2.46. The molecule has 0 amide bonds. The SMILES string of the molecule is CCCc1cc(=O)oc2c3c(c(C(=O)[C@H](C)CC)c(O)c12)OC(C)(C)C=C3. The van der Waals surface area contributed by atoms with Gasteiger partial charge in [0.25, 0.3) is 0 Å². The fraction of sp³-hybridized carbons (Fsp3) is 0.455. The van der Waals surface area contributed by atoms with Gasteiger partial charge in [0.05, 0.1) is 10.9 Å². The zero-order valence-corrected chi connectivity index (χ0v) is 16.5. The van der Waals surface area contributed by atoms with E-state index in [-0.39, 0.29) is 34.3 Å². The Kier molecular flexibility index (Phi) is 4.89. The molecule has 0 saturated carbocycles. The van der Waals surface area contributed by atoms with E-state index in [0.717, 1.165) is 6.42 Å². The van der Waals surface area contributed by atoms with Crippen LogP contribution in [0.1, 0.15) is 68.9 Å². The summed E-state index contributed by atoms with van der Waals surface area (Å²) in [6, 6.07) is 1.40. The maximum atomic E-state index is 13.1. The molecule has 5 nitrogen and oxygen atoms in total. The van der Waals surface area contributed by atoms with Crippen molar-refractivity contribution in [3.8, 4) is 11.5 Å². The lowest BCUT2D eigenvalue weighted by molar-refractivity contribution is 0.0911. The Morgan fingerprint density at radius 1 is 1.30 bits per heavy atom. The second-order valence-electron chi connectivity index (χ2n) is 7.72. The van der Waals surface area contributed by atoms with Crippen LogP contribution in [0.2, 0.25) is 0 Å². The number of aryl methyl sites for hydroxylation is 1. The normalized spacial score (nSPS) is 16.0. The quantitative estimate of drug-likeness (QED) is 0.600.